The SMILES string of the molecule is CC(=O)Nc1c([N+](=O)[O-])cc2c3c(cccc13)C(=O)OC2=O. The Kier molecular flexibility index (Phi) is 2.87. The van der Waals surface area contributed by atoms with E-state index < -0.39 is 28.5 Å². The zero-order valence-electron chi connectivity index (χ0n) is 11.2. The highest BCUT2D eigenvalue weighted by atomic mass is 16.6. The van der Waals surface area contributed by atoms with Crippen LogP contribution < -0.4 is 5.32 Å². The molecule has 8 heteroatoms. The largest absolute Gasteiger partial charge is 0.386 e. The molecule has 0 aliphatic carbocycles. The van der Waals surface area contributed by atoms with Crippen molar-refractivity contribution in [3.8, 4) is 0 Å². The number of nitro groups is 1. The molecule has 1 amide bonds. The number of esters is 2. The molecule has 1 aliphatic rings. The molecule has 3 rings (SSSR count). The number of cyclic esters (lactones) is 2. The number of benzene rings is 2. The molecule has 1 heterocycles. The molecule has 8 nitrogen and oxygen atoms in total. The van der Waals surface area contributed by atoms with Crippen LogP contribution in [0, 0.1) is 10.1 Å². The van der Waals surface area contributed by atoms with Crippen molar-refractivity contribution in [2.24, 2.45) is 0 Å². The van der Waals surface area contributed by atoms with E-state index in [1.807, 2.05) is 0 Å². The Labute approximate surface area is 122 Å². The summed E-state index contributed by atoms with van der Waals surface area (Å²) < 4.78 is 4.57. The van der Waals surface area contributed by atoms with Crippen LogP contribution in [-0.4, -0.2) is 22.8 Å². The third-order valence-corrected chi connectivity index (χ3v) is 3.26. The summed E-state index contributed by atoms with van der Waals surface area (Å²) in [6.45, 7) is 1.21. The molecule has 0 bridgehead atoms. The summed E-state index contributed by atoms with van der Waals surface area (Å²) in [5, 5.41) is 14.1. The molecule has 0 saturated carbocycles. The van der Waals surface area contributed by atoms with Gasteiger partial charge in [0.05, 0.1) is 16.1 Å². The average molecular weight is 300 g/mol. The molecule has 0 fully saturated rings. The topological polar surface area (TPSA) is 116 Å². The molecule has 0 radical (unpaired) electrons. The average Bonchev–Trinajstić information content (AvgIpc) is 2.44. The monoisotopic (exact) mass is 300 g/mol. The summed E-state index contributed by atoms with van der Waals surface area (Å²) in [5.74, 6) is -2.29. The fourth-order valence-electron chi connectivity index (χ4n) is 2.45. The number of nitrogens with one attached hydrogen (secondary N) is 1. The van der Waals surface area contributed by atoms with Gasteiger partial charge < -0.3 is 10.1 Å². The predicted molar refractivity (Wildman–Crippen MR) is 74.7 cm³/mol. The number of hydrogen-bond acceptors (Lipinski definition) is 6. The van der Waals surface area contributed by atoms with Crippen LogP contribution in [0.3, 0.4) is 0 Å². The van der Waals surface area contributed by atoms with Gasteiger partial charge >= 0.3 is 11.9 Å². The van der Waals surface area contributed by atoms with Crippen molar-refractivity contribution in [3.63, 3.8) is 0 Å². The van der Waals surface area contributed by atoms with E-state index in [1.165, 1.54) is 25.1 Å². The van der Waals surface area contributed by atoms with Crippen molar-refractivity contribution < 1.29 is 24.0 Å². The van der Waals surface area contributed by atoms with Crippen molar-refractivity contribution in [1.82, 2.24) is 0 Å². The molecule has 0 spiro atoms. The minimum absolute atomic E-state index is 0.0550. The van der Waals surface area contributed by atoms with Crippen LogP contribution >= 0.6 is 0 Å². The van der Waals surface area contributed by atoms with Gasteiger partial charge in [0, 0.05) is 23.8 Å². The summed E-state index contributed by atoms with van der Waals surface area (Å²) in [7, 11) is 0. The van der Waals surface area contributed by atoms with Crippen molar-refractivity contribution in [3.05, 3.63) is 45.5 Å². The summed E-state index contributed by atoms with van der Waals surface area (Å²) in [5.41, 5.74) is -0.457. The molecule has 22 heavy (non-hydrogen) atoms. The minimum Gasteiger partial charge on any atom is -0.386 e. The van der Waals surface area contributed by atoms with Gasteiger partial charge in [0.2, 0.25) is 5.91 Å². The molecular formula is C14H8N2O6. The van der Waals surface area contributed by atoms with E-state index in [2.05, 4.69) is 10.1 Å². The van der Waals surface area contributed by atoms with Crippen LogP contribution in [0.2, 0.25) is 0 Å². The number of ether oxygens (including phenoxy) is 1. The molecule has 0 aromatic heterocycles. The fraction of sp³-hybridized carbons (Fsp3) is 0.0714. The maximum absolute atomic E-state index is 11.8. The molecule has 2 aromatic rings. The quantitative estimate of drug-likeness (QED) is 0.392. The first-order chi connectivity index (χ1) is 10.4. The van der Waals surface area contributed by atoms with Crippen LogP contribution in [0.1, 0.15) is 27.6 Å². The van der Waals surface area contributed by atoms with Crippen LogP contribution in [0.5, 0.6) is 0 Å². The summed E-state index contributed by atoms with van der Waals surface area (Å²) in [4.78, 5) is 45.4. The first-order valence-electron chi connectivity index (χ1n) is 6.18. The third-order valence-electron chi connectivity index (χ3n) is 3.26. The van der Waals surface area contributed by atoms with E-state index in [0.29, 0.717) is 0 Å². The summed E-state index contributed by atoms with van der Waals surface area (Å²) in [6, 6.07) is 5.44. The molecule has 2 aromatic carbocycles. The van der Waals surface area contributed by atoms with Gasteiger partial charge in [-0.2, -0.15) is 0 Å². The first kappa shape index (κ1) is 13.7. The third kappa shape index (κ3) is 1.89. The van der Waals surface area contributed by atoms with Crippen molar-refractivity contribution >= 4 is 40.0 Å². The zero-order valence-corrected chi connectivity index (χ0v) is 11.2. The Hall–Kier alpha value is -3.29. The first-order valence-corrected chi connectivity index (χ1v) is 6.18. The molecule has 0 atom stereocenters. The molecule has 110 valence electrons. The smallest absolute Gasteiger partial charge is 0.346 e. The van der Waals surface area contributed by atoms with E-state index in [4.69, 9.17) is 0 Å². The number of nitro benzene ring substituents is 1. The van der Waals surface area contributed by atoms with Gasteiger partial charge in [0.15, 0.2) is 0 Å². The maximum Gasteiger partial charge on any atom is 0.346 e. The Morgan fingerprint density at radius 2 is 1.91 bits per heavy atom. The minimum atomic E-state index is -0.953. The Balaban J connectivity index is 2.49. The van der Waals surface area contributed by atoms with E-state index in [0.717, 1.165) is 6.07 Å². The van der Waals surface area contributed by atoms with E-state index in [1.54, 1.807) is 0 Å². The lowest BCUT2D eigenvalue weighted by Crippen LogP contribution is -2.20. The number of amides is 1. The second-order valence-electron chi connectivity index (χ2n) is 4.66. The Morgan fingerprint density at radius 1 is 1.23 bits per heavy atom. The number of carbonyl (C=O) groups excluding carboxylic acids is 3. The van der Waals surface area contributed by atoms with E-state index in [-0.39, 0.29) is 27.6 Å². The predicted octanol–water partition coefficient (Wildman–Crippen LogP) is 2.02. The second-order valence-corrected chi connectivity index (χ2v) is 4.66. The number of anilines is 1. The highest BCUT2D eigenvalue weighted by Crippen LogP contribution is 2.39. The van der Waals surface area contributed by atoms with Gasteiger partial charge in [-0.25, -0.2) is 9.59 Å². The molecular weight excluding hydrogens is 292 g/mol. The Bertz CT molecular complexity index is 887. The fourth-order valence-corrected chi connectivity index (χ4v) is 2.45. The number of carbonyl (C=O) groups is 3. The Morgan fingerprint density at radius 3 is 2.55 bits per heavy atom. The van der Waals surface area contributed by atoms with Crippen molar-refractivity contribution in [2.75, 3.05) is 5.32 Å². The van der Waals surface area contributed by atoms with Crippen molar-refractivity contribution in [1.29, 1.82) is 0 Å². The highest BCUT2D eigenvalue weighted by molar-refractivity contribution is 6.24. The normalized spacial score (nSPS) is 13.0. The van der Waals surface area contributed by atoms with Crippen molar-refractivity contribution in [2.45, 2.75) is 6.92 Å². The lowest BCUT2D eigenvalue weighted by atomic mass is 9.95. The van der Waals surface area contributed by atoms with Gasteiger partial charge in [-0.15, -0.1) is 0 Å². The lowest BCUT2D eigenvalue weighted by molar-refractivity contribution is -0.383. The molecule has 0 saturated heterocycles. The van der Waals surface area contributed by atoms with E-state index >= 15 is 0 Å². The number of hydrogen-bond donors (Lipinski definition) is 1. The summed E-state index contributed by atoms with van der Waals surface area (Å²) in [6.07, 6.45) is 0. The molecule has 0 unspecified atom stereocenters. The number of rotatable bonds is 2. The van der Waals surface area contributed by atoms with Gasteiger partial charge in [-0.1, -0.05) is 12.1 Å². The van der Waals surface area contributed by atoms with Crippen LogP contribution in [0.15, 0.2) is 24.3 Å². The molecule has 1 N–H and O–H groups in total. The van der Waals surface area contributed by atoms with Gasteiger partial charge in [-0.05, 0) is 6.07 Å². The van der Waals surface area contributed by atoms with Gasteiger partial charge in [0.1, 0.15) is 5.69 Å². The van der Waals surface area contributed by atoms with Gasteiger partial charge in [-0.3, -0.25) is 14.9 Å². The number of nitrogens with zero attached hydrogens (tertiary/aromatic N) is 1. The highest BCUT2D eigenvalue weighted by Gasteiger charge is 2.32. The molecule has 1 aliphatic heterocycles. The van der Waals surface area contributed by atoms with Crippen LogP contribution in [-0.2, 0) is 9.53 Å². The van der Waals surface area contributed by atoms with E-state index in [9.17, 15) is 24.5 Å². The second kappa shape index (κ2) is 4.62. The summed E-state index contributed by atoms with van der Waals surface area (Å²) >= 11 is 0. The zero-order chi connectivity index (χ0) is 16.0. The lowest BCUT2D eigenvalue weighted by Gasteiger charge is -2.17. The van der Waals surface area contributed by atoms with Gasteiger partial charge in [0.25, 0.3) is 5.69 Å². The van der Waals surface area contributed by atoms with Crippen LogP contribution in [0.4, 0.5) is 11.4 Å². The standard InChI is InChI=1S/C14H8N2O6/c1-6(17)15-12-7-3-2-4-8-11(7)9(5-10(12)16(20)21)14(19)22-13(8)18/h2-5H,1H3,(H,15,17). The van der Waals surface area contributed by atoms with Crippen LogP contribution in [0.25, 0.3) is 10.8 Å². The maximum atomic E-state index is 11.8.